The lowest BCUT2D eigenvalue weighted by Crippen LogP contribution is -2.50. The van der Waals surface area contributed by atoms with E-state index < -0.39 is 10.0 Å². The monoisotopic (exact) mass is 326 g/mol. The van der Waals surface area contributed by atoms with E-state index in [4.69, 9.17) is 4.74 Å². The van der Waals surface area contributed by atoms with Crippen molar-refractivity contribution in [1.29, 1.82) is 0 Å². The highest BCUT2D eigenvalue weighted by Gasteiger charge is 2.24. The normalized spacial score (nSPS) is 20.5. The minimum absolute atomic E-state index is 0.0729. The van der Waals surface area contributed by atoms with Gasteiger partial charge in [0.2, 0.25) is 10.0 Å². The first-order valence-electron chi connectivity index (χ1n) is 7.71. The average molecular weight is 326 g/mol. The predicted octanol–water partition coefficient (Wildman–Crippen LogP) is 1.56. The molecule has 1 saturated heterocycles. The Bertz CT molecular complexity index is 587. The molecule has 1 atom stereocenters. The molecule has 1 aromatic carbocycles. The SMILES string of the molecule is CC(C)c1ccccc1CN1CCOCC1CNS(C)(=O)=O. The predicted molar refractivity (Wildman–Crippen MR) is 88.4 cm³/mol. The number of benzene rings is 1. The van der Waals surface area contributed by atoms with Crippen molar-refractivity contribution in [1.82, 2.24) is 9.62 Å². The second-order valence-electron chi connectivity index (χ2n) is 6.17. The van der Waals surface area contributed by atoms with Gasteiger partial charge < -0.3 is 4.74 Å². The van der Waals surface area contributed by atoms with Crippen LogP contribution in [0.25, 0.3) is 0 Å². The second-order valence-corrected chi connectivity index (χ2v) is 8.01. The van der Waals surface area contributed by atoms with E-state index in [0.29, 0.717) is 25.7 Å². The summed E-state index contributed by atoms with van der Waals surface area (Å²) in [5, 5.41) is 0. The first kappa shape index (κ1) is 17.4. The fraction of sp³-hybridized carbons (Fsp3) is 0.625. The molecule has 0 spiro atoms. The Morgan fingerprint density at radius 2 is 2.09 bits per heavy atom. The minimum Gasteiger partial charge on any atom is -0.378 e. The first-order chi connectivity index (χ1) is 10.4. The van der Waals surface area contributed by atoms with Crippen LogP contribution in [0.15, 0.2) is 24.3 Å². The lowest BCUT2D eigenvalue weighted by molar-refractivity contribution is -0.00926. The molecule has 1 aliphatic heterocycles. The van der Waals surface area contributed by atoms with Gasteiger partial charge in [0.25, 0.3) is 0 Å². The smallest absolute Gasteiger partial charge is 0.208 e. The van der Waals surface area contributed by atoms with Crippen molar-refractivity contribution in [3.05, 3.63) is 35.4 Å². The highest BCUT2D eigenvalue weighted by Crippen LogP contribution is 2.22. The number of morpholine rings is 1. The summed E-state index contributed by atoms with van der Waals surface area (Å²) in [5.74, 6) is 0.477. The molecule has 0 aromatic heterocycles. The molecule has 0 bridgehead atoms. The largest absolute Gasteiger partial charge is 0.378 e. The maximum absolute atomic E-state index is 11.3. The molecular formula is C16H26N2O3S. The Balaban J connectivity index is 2.08. The molecule has 1 N–H and O–H groups in total. The molecule has 0 amide bonds. The minimum atomic E-state index is -3.17. The third-order valence-corrected chi connectivity index (χ3v) is 4.67. The number of nitrogens with zero attached hydrogens (tertiary/aromatic N) is 1. The van der Waals surface area contributed by atoms with Crippen LogP contribution >= 0.6 is 0 Å². The quantitative estimate of drug-likeness (QED) is 0.862. The van der Waals surface area contributed by atoms with Gasteiger partial charge in [-0.05, 0) is 17.0 Å². The standard InChI is InChI=1S/C16H26N2O3S/c1-13(2)16-7-5-4-6-14(16)11-18-8-9-21-12-15(18)10-17-22(3,19)20/h4-7,13,15,17H,8-12H2,1-3H3. The van der Waals surface area contributed by atoms with Gasteiger partial charge in [0.05, 0.1) is 19.5 Å². The van der Waals surface area contributed by atoms with E-state index in [-0.39, 0.29) is 6.04 Å². The fourth-order valence-electron chi connectivity index (χ4n) is 2.79. The number of sulfonamides is 1. The van der Waals surface area contributed by atoms with Gasteiger partial charge in [-0.2, -0.15) is 0 Å². The summed E-state index contributed by atoms with van der Waals surface area (Å²) in [5.41, 5.74) is 2.66. The molecule has 0 saturated carbocycles. The van der Waals surface area contributed by atoms with Gasteiger partial charge in [-0.1, -0.05) is 38.1 Å². The number of ether oxygens (including phenoxy) is 1. The summed E-state index contributed by atoms with van der Waals surface area (Å²) in [4.78, 5) is 2.31. The van der Waals surface area contributed by atoms with Gasteiger partial charge in [-0.3, -0.25) is 4.90 Å². The van der Waals surface area contributed by atoms with Gasteiger partial charge >= 0.3 is 0 Å². The van der Waals surface area contributed by atoms with Crippen molar-refractivity contribution < 1.29 is 13.2 Å². The number of rotatable bonds is 6. The Morgan fingerprint density at radius 1 is 1.36 bits per heavy atom. The van der Waals surface area contributed by atoms with Crippen LogP contribution < -0.4 is 4.72 Å². The molecule has 22 heavy (non-hydrogen) atoms. The Labute approximate surface area is 133 Å². The van der Waals surface area contributed by atoms with Crippen LogP contribution in [-0.4, -0.2) is 51.9 Å². The molecule has 1 fully saturated rings. The van der Waals surface area contributed by atoms with Crippen molar-refractivity contribution in [2.24, 2.45) is 0 Å². The topological polar surface area (TPSA) is 58.6 Å². The van der Waals surface area contributed by atoms with Crippen LogP contribution in [0, 0.1) is 0 Å². The zero-order chi connectivity index (χ0) is 16.2. The summed E-state index contributed by atoms with van der Waals surface area (Å²) in [6.45, 7) is 7.69. The van der Waals surface area contributed by atoms with Crippen molar-refractivity contribution in [3.63, 3.8) is 0 Å². The maximum atomic E-state index is 11.3. The second kappa shape index (κ2) is 7.55. The Hall–Kier alpha value is -0.950. The van der Waals surface area contributed by atoms with Gasteiger partial charge in [-0.15, -0.1) is 0 Å². The van der Waals surface area contributed by atoms with E-state index in [2.05, 4.69) is 47.7 Å². The van der Waals surface area contributed by atoms with Crippen LogP contribution in [0.4, 0.5) is 0 Å². The third-order valence-electron chi connectivity index (χ3n) is 3.98. The van der Waals surface area contributed by atoms with Crippen molar-refractivity contribution in [2.45, 2.75) is 32.4 Å². The molecule has 1 unspecified atom stereocenters. The Kier molecular flexibility index (Phi) is 5.97. The van der Waals surface area contributed by atoms with E-state index in [0.717, 1.165) is 13.1 Å². The lowest BCUT2D eigenvalue weighted by atomic mass is 9.96. The molecule has 6 heteroatoms. The molecule has 5 nitrogen and oxygen atoms in total. The van der Waals surface area contributed by atoms with E-state index in [1.807, 2.05) is 0 Å². The molecule has 1 aromatic rings. The van der Waals surface area contributed by atoms with Gasteiger partial charge in [-0.25, -0.2) is 13.1 Å². The molecule has 124 valence electrons. The number of hydrogen-bond donors (Lipinski definition) is 1. The zero-order valence-corrected chi connectivity index (χ0v) is 14.4. The van der Waals surface area contributed by atoms with Crippen LogP contribution in [-0.2, 0) is 21.3 Å². The van der Waals surface area contributed by atoms with Crippen LogP contribution in [0.2, 0.25) is 0 Å². The van der Waals surface area contributed by atoms with Crippen molar-refractivity contribution >= 4 is 10.0 Å². The summed E-state index contributed by atoms with van der Waals surface area (Å²) < 4.78 is 30.7. The molecule has 2 rings (SSSR count). The van der Waals surface area contributed by atoms with Crippen LogP contribution in [0.1, 0.15) is 30.9 Å². The molecule has 0 radical (unpaired) electrons. The van der Waals surface area contributed by atoms with Crippen molar-refractivity contribution in [2.75, 3.05) is 32.6 Å². The summed E-state index contributed by atoms with van der Waals surface area (Å²) in [6.07, 6.45) is 1.19. The molecule has 0 aliphatic carbocycles. The van der Waals surface area contributed by atoms with Gasteiger partial charge in [0, 0.05) is 25.7 Å². The van der Waals surface area contributed by atoms with Crippen molar-refractivity contribution in [3.8, 4) is 0 Å². The van der Waals surface area contributed by atoms with Gasteiger partial charge in [0.15, 0.2) is 0 Å². The first-order valence-corrected chi connectivity index (χ1v) is 9.60. The van der Waals surface area contributed by atoms with E-state index in [9.17, 15) is 8.42 Å². The molecular weight excluding hydrogens is 300 g/mol. The number of hydrogen-bond acceptors (Lipinski definition) is 4. The maximum Gasteiger partial charge on any atom is 0.208 e. The highest BCUT2D eigenvalue weighted by atomic mass is 32.2. The summed E-state index contributed by atoms with van der Waals surface area (Å²) in [7, 11) is -3.17. The van der Waals surface area contributed by atoms with E-state index in [1.54, 1.807) is 0 Å². The fourth-order valence-corrected chi connectivity index (χ4v) is 3.29. The van der Waals surface area contributed by atoms with E-state index in [1.165, 1.54) is 17.4 Å². The zero-order valence-electron chi connectivity index (χ0n) is 13.6. The lowest BCUT2D eigenvalue weighted by Gasteiger charge is -2.36. The van der Waals surface area contributed by atoms with Crippen LogP contribution in [0.5, 0.6) is 0 Å². The van der Waals surface area contributed by atoms with Crippen LogP contribution in [0.3, 0.4) is 0 Å². The molecule has 1 aliphatic rings. The summed E-state index contributed by atoms with van der Waals surface area (Å²) >= 11 is 0. The summed E-state index contributed by atoms with van der Waals surface area (Å²) in [6, 6.07) is 8.53. The van der Waals surface area contributed by atoms with Gasteiger partial charge in [0.1, 0.15) is 0 Å². The third kappa shape index (κ3) is 5.05. The van der Waals surface area contributed by atoms with E-state index >= 15 is 0 Å². The Morgan fingerprint density at radius 3 is 2.77 bits per heavy atom. The molecule has 1 heterocycles. The number of nitrogens with one attached hydrogen (secondary N) is 1. The average Bonchev–Trinajstić information content (AvgIpc) is 2.46. The highest BCUT2D eigenvalue weighted by molar-refractivity contribution is 7.88.